The van der Waals surface area contributed by atoms with Crippen LogP contribution in [0.5, 0.6) is 5.75 Å². The van der Waals surface area contributed by atoms with E-state index >= 15 is 0 Å². The fourth-order valence-corrected chi connectivity index (χ4v) is 4.53. The van der Waals surface area contributed by atoms with Crippen LogP contribution in [-0.4, -0.2) is 31.4 Å². The highest BCUT2D eigenvalue weighted by atomic mass is 32.1. The van der Waals surface area contributed by atoms with Gasteiger partial charge in [0, 0.05) is 11.8 Å². The fraction of sp³-hybridized carbons (Fsp3) is 0.350. The summed E-state index contributed by atoms with van der Waals surface area (Å²) in [7, 11) is 1.37. The number of hydrogen-bond acceptors (Lipinski definition) is 6. The van der Waals surface area contributed by atoms with Crippen molar-refractivity contribution in [3.05, 3.63) is 45.6 Å². The summed E-state index contributed by atoms with van der Waals surface area (Å²) in [6.07, 6.45) is 3.54. The van der Waals surface area contributed by atoms with Gasteiger partial charge in [0.05, 0.1) is 18.2 Å². The minimum absolute atomic E-state index is 0.00438. The lowest BCUT2D eigenvalue weighted by atomic mass is 9.95. The van der Waals surface area contributed by atoms with Crippen LogP contribution in [0, 0.1) is 5.82 Å². The van der Waals surface area contributed by atoms with Crippen molar-refractivity contribution < 1.29 is 28.2 Å². The first-order chi connectivity index (χ1) is 13.4. The number of amides is 1. The molecule has 0 saturated carbocycles. The van der Waals surface area contributed by atoms with Crippen LogP contribution in [-0.2, 0) is 22.4 Å². The van der Waals surface area contributed by atoms with E-state index < -0.39 is 24.2 Å². The van der Waals surface area contributed by atoms with Gasteiger partial charge in [-0.15, -0.1) is 11.3 Å². The van der Waals surface area contributed by atoms with Gasteiger partial charge in [0.2, 0.25) is 11.7 Å². The van der Waals surface area contributed by atoms with Gasteiger partial charge in [-0.3, -0.25) is 9.59 Å². The Labute approximate surface area is 165 Å². The van der Waals surface area contributed by atoms with Crippen LogP contribution in [0.15, 0.2) is 18.2 Å². The number of carbonyl (C=O) groups is 3. The molecule has 1 aliphatic carbocycles. The van der Waals surface area contributed by atoms with Crippen molar-refractivity contribution in [1.82, 2.24) is 0 Å². The van der Waals surface area contributed by atoms with E-state index in [-0.39, 0.29) is 17.2 Å². The van der Waals surface area contributed by atoms with Gasteiger partial charge in [-0.25, -0.2) is 9.18 Å². The average Bonchev–Trinajstić information content (AvgIpc) is 3.02. The molecule has 1 aromatic heterocycles. The predicted octanol–water partition coefficient (Wildman–Crippen LogP) is 3.77. The summed E-state index contributed by atoms with van der Waals surface area (Å²) in [4.78, 5) is 37.7. The Morgan fingerprint density at radius 1 is 1.21 bits per heavy atom. The second-order valence-corrected chi connectivity index (χ2v) is 7.55. The zero-order chi connectivity index (χ0) is 20.3. The van der Waals surface area contributed by atoms with Crippen LogP contribution >= 0.6 is 11.3 Å². The van der Waals surface area contributed by atoms with Gasteiger partial charge in [0.25, 0.3) is 0 Å². The number of thiophene rings is 1. The molecule has 2 aromatic rings. The Bertz CT molecular complexity index is 937. The maximum Gasteiger partial charge on any atom is 0.341 e. The van der Waals surface area contributed by atoms with Gasteiger partial charge in [-0.1, -0.05) is 0 Å². The quantitative estimate of drug-likeness (QED) is 0.584. The molecule has 6 nitrogen and oxygen atoms in total. The normalized spacial score (nSPS) is 12.8. The summed E-state index contributed by atoms with van der Waals surface area (Å²) in [6.45, 7) is 0.816. The topological polar surface area (TPSA) is 81.7 Å². The summed E-state index contributed by atoms with van der Waals surface area (Å²) in [5, 5.41) is 3.13. The second kappa shape index (κ2) is 8.52. The van der Waals surface area contributed by atoms with E-state index in [0.29, 0.717) is 10.6 Å². The number of carbonyl (C=O) groups excluding carboxylic acids is 3. The average molecular weight is 405 g/mol. The Morgan fingerprint density at radius 2 is 1.96 bits per heavy atom. The highest BCUT2D eigenvalue weighted by Gasteiger charge is 2.27. The molecule has 1 aliphatic rings. The van der Waals surface area contributed by atoms with Gasteiger partial charge < -0.3 is 14.8 Å². The van der Waals surface area contributed by atoms with Gasteiger partial charge in [0.15, 0.2) is 6.61 Å². The molecule has 1 heterocycles. The summed E-state index contributed by atoms with van der Waals surface area (Å²) in [5.41, 5.74) is 1.19. The monoisotopic (exact) mass is 405 g/mol. The molecule has 1 amide bonds. The number of nitrogens with one attached hydrogen (secondary N) is 1. The molecule has 0 fully saturated rings. The largest absolute Gasteiger partial charge is 0.496 e. The Hall–Kier alpha value is -2.74. The molecule has 148 valence electrons. The standard InChI is InChI=1S/C20H20FNO5S/c1-11(23)22-19-18(13-5-3-4-6-17(13)28-19)20(25)27-10-15(24)14-9-12(21)7-8-16(14)26-2/h7-9H,3-6,10H2,1-2H3,(H,22,23). The van der Waals surface area contributed by atoms with Crippen molar-refractivity contribution in [3.8, 4) is 5.75 Å². The first-order valence-corrected chi connectivity index (χ1v) is 9.68. The molecule has 3 rings (SSSR count). The lowest BCUT2D eigenvalue weighted by Gasteiger charge is -2.13. The van der Waals surface area contributed by atoms with Crippen LogP contribution in [0.4, 0.5) is 9.39 Å². The smallest absolute Gasteiger partial charge is 0.341 e. The Morgan fingerprint density at radius 3 is 2.68 bits per heavy atom. The third-order valence-electron chi connectivity index (χ3n) is 4.46. The molecule has 0 radical (unpaired) electrons. The van der Waals surface area contributed by atoms with Gasteiger partial charge in [0.1, 0.15) is 16.6 Å². The van der Waals surface area contributed by atoms with E-state index in [1.54, 1.807) is 0 Å². The number of methoxy groups -OCH3 is 1. The zero-order valence-corrected chi connectivity index (χ0v) is 16.4. The third kappa shape index (κ3) is 4.22. The number of esters is 1. The number of benzene rings is 1. The number of hydrogen-bond donors (Lipinski definition) is 1. The zero-order valence-electron chi connectivity index (χ0n) is 15.6. The third-order valence-corrected chi connectivity index (χ3v) is 5.67. The molecule has 1 N–H and O–H groups in total. The molecule has 0 aliphatic heterocycles. The van der Waals surface area contributed by atoms with E-state index in [4.69, 9.17) is 9.47 Å². The molecular weight excluding hydrogens is 385 g/mol. The number of ether oxygens (including phenoxy) is 2. The number of rotatable bonds is 6. The van der Waals surface area contributed by atoms with Crippen molar-refractivity contribution in [2.24, 2.45) is 0 Å². The van der Waals surface area contributed by atoms with Crippen LogP contribution < -0.4 is 10.1 Å². The van der Waals surface area contributed by atoms with E-state index in [9.17, 15) is 18.8 Å². The van der Waals surface area contributed by atoms with E-state index in [1.807, 2.05) is 0 Å². The van der Waals surface area contributed by atoms with Crippen molar-refractivity contribution in [1.29, 1.82) is 0 Å². The molecular formula is C20H20FNO5S. The van der Waals surface area contributed by atoms with Crippen LogP contribution in [0.1, 0.15) is 50.9 Å². The van der Waals surface area contributed by atoms with Crippen molar-refractivity contribution >= 4 is 34.0 Å². The summed E-state index contributed by atoms with van der Waals surface area (Å²) >= 11 is 1.37. The molecule has 8 heteroatoms. The minimum atomic E-state index is -0.674. The molecule has 0 spiro atoms. The Kier molecular flexibility index (Phi) is 6.08. The Balaban J connectivity index is 1.80. The molecule has 0 atom stereocenters. The lowest BCUT2D eigenvalue weighted by Crippen LogP contribution is -2.18. The van der Waals surface area contributed by atoms with E-state index in [0.717, 1.165) is 42.2 Å². The van der Waals surface area contributed by atoms with Crippen molar-refractivity contribution in [2.75, 3.05) is 19.0 Å². The number of aryl methyl sites for hydroxylation is 1. The maximum atomic E-state index is 13.5. The first kappa shape index (κ1) is 20.0. The van der Waals surface area contributed by atoms with Crippen LogP contribution in [0.2, 0.25) is 0 Å². The van der Waals surface area contributed by atoms with Crippen molar-refractivity contribution in [2.45, 2.75) is 32.6 Å². The number of ketones is 1. The lowest BCUT2D eigenvalue weighted by molar-refractivity contribution is -0.114. The second-order valence-electron chi connectivity index (χ2n) is 6.44. The molecule has 0 bridgehead atoms. The SMILES string of the molecule is COc1ccc(F)cc1C(=O)COC(=O)c1c(NC(C)=O)sc2c1CCCC2. The van der Waals surface area contributed by atoms with Gasteiger partial charge >= 0.3 is 5.97 Å². The summed E-state index contributed by atoms with van der Waals surface area (Å²) < 4.78 is 23.8. The first-order valence-electron chi connectivity index (χ1n) is 8.86. The van der Waals surface area contributed by atoms with Crippen LogP contribution in [0.25, 0.3) is 0 Å². The van der Waals surface area contributed by atoms with E-state index in [1.165, 1.54) is 37.5 Å². The maximum absolute atomic E-state index is 13.5. The van der Waals surface area contributed by atoms with Crippen LogP contribution in [0.3, 0.4) is 0 Å². The highest BCUT2D eigenvalue weighted by Crippen LogP contribution is 2.38. The summed E-state index contributed by atoms with van der Waals surface area (Å²) in [5.74, 6) is -1.92. The summed E-state index contributed by atoms with van der Waals surface area (Å²) in [6, 6.07) is 3.57. The van der Waals surface area contributed by atoms with Crippen molar-refractivity contribution in [3.63, 3.8) is 0 Å². The number of Topliss-reactive ketones (excluding diaryl/α,β-unsaturated/α-hetero) is 1. The number of halogens is 1. The van der Waals surface area contributed by atoms with E-state index in [2.05, 4.69) is 5.32 Å². The fourth-order valence-electron chi connectivity index (χ4n) is 3.21. The number of anilines is 1. The molecule has 0 saturated heterocycles. The van der Waals surface area contributed by atoms with Gasteiger partial charge in [-0.05, 0) is 49.4 Å². The van der Waals surface area contributed by atoms with Gasteiger partial charge in [-0.2, -0.15) is 0 Å². The predicted molar refractivity (Wildman–Crippen MR) is 103 cm³/mol. The molecule has 28 heavy (non-hydrogen) atoms. The molecule has 0 unspecified atom stereocenters. The highest BCUT2D eigenvalue weighted by molar-refractivity contribution is 7.17. The molecule has 1 aromatic carbocycles. The minimum Gasteiger partial charge on any atom is -0.496 e. The number of fused-ring (bicyclic) bond motifs is 1.